The van der Waals surface area contributed by atoms with Gasteiger partial charge in [-0.15, -0.1) is 11.6 Å². The summed E-state index contributed by atoms with van der Waals surface area (Å²) in [4.78, 5) is 16.7. The van der Waals surface area contributed by atoms with Crippen molar-refractivity contribution in [3.8, 4) is 0 Å². The van der Waals surface area contributed by atoms with Crippen molar-refractivity contribution in [3.63, 3.8) is 0 Å². The first-order valence-corrected chi connectivity index (χ1v) is 9.46. The number of anilines is 1. The Morgan fingerprint density at radius 3 is 2.50 bits per heavy atom. The van der Waals surface area contributed by atoms with Crippen LogP contribution in [0.2, 0.25) is 0 Å². The third-order valence-corrected chi connectivity index (χ3v) is 4.97. The van der Waals surface area contributed by atoms with Crippen molar-refractivity contribution in [2.24, 2.45) is 0 Å². The predicted octanol–water partition coefficient (Wildman–Crippen LogP) is 4.35. The third kappa shape index (κ3) is 4.87. The lowest BCUT2D eigenvalue weighted by Gasteiger charge is -2.39. The minimum Gasteiger partial charge on any atom is -0.308 e. The second-order valence-electron chi connectivity index (χ2n) is 6.61. The second kappa shape index (κ2) is 9.20. The van der Waals surface area contributed by atoms with Gasteiger partial charge >= 0.3 is 0 Å². The Balaban J connectivity index is 1.80. The maximum Gasteiger partial charge on any atom is 0.245 e. The van der Waals surface area contributed by atoms with Crippen molar-refractivity contribution in [2.75, 3.05) is 24.5 Å². The molecule has 4 heteroatoms. The van der Waals surface area contributed by atoms with Gasteiger partial charge in [0, 0.05) is 31.4 Å². The smallest absolute Gasteiger partial charge is 0.245 e. The van der Waals surface area contributed by atoms with Crippen LogP contribution in [0.4, 0.5) is 5.69 Å². The fourth-order valence-corrected chi connectivity index (χ4v) is 3.47. The molecule has 3 rings (SSSR count). The van der Waals surface area contributed by atoms with Gasteiger partial charge in [-0.05, 0) is 43.8 Å². The number of rotatable bonds is 6. The molecule has 1 fully saturated rings. The van der Waals surface area contributed by atoms with Crippen LogP contribution < -0.4 is 4.90 Å². The number of nitrogens with zero attached hydrogens (tertiary/aromatic N) is 2. The average molecular weight is 376 g/mol. The Morgan fingerprint density at radius 1 is 1.23 bits per heavy atom. The van der Waals surface area contributed by atoms with Crippen LogP contribution in [0.25, 0.3) is 0 Å². The van der Waals surface area contributed by atoms with Gasteiger partial charge in [-0.25, -0.2) is 0 Å². The Labute approximate surface area is 168 Å². The summed E-state index contributed by atoms with van der Waals surface area (Å²) in [6, 6.07) is 7.87. The van der Waals surface area contributed by atoms with E-state index in [1.807, 2.05) is 18.2 Å². The minimum absolute atomic E-state index is 0.0776. The normalized spacial score (nSPS) is 19.7. The van der Waals surface area contributed by atoms with Crippen molar-refractivity contribution in [2.45, 2.75) is 37.6 Å². The summed E-state index contributed by atoms with van der Waals surface area (Å²) in [6.07, 6.45) is 2.23. The van der Waals surface area contributed by atoms with E-state index in [1.54, 1.807) is 6.92 Å². The number of amides is 1. The van der Waals surface area contributed by atoms with Crippen LogP contribution in [0.3, 0.4) is 0 Å². The van der Waals surface area contributed by atoms with Gasteiger partial charge in [0.1, 0.15) is 5.38 Å². The Hall–Kier alpha value is -1.84. The zero-order chi connectivity index (χ0) is 22.7. The first kappa shape index (κ1) is 13.3. The molecule has 1 atom stereocenters. The Morgan fingerprint density at radius 2 is 1.88 bits per heavy atom. The molecular weight excluding hydrogens is 344 g/mol. The molecule has 138 valence electrons. The molecule has 0 spiro atoms. The third-order valence-electron chi connectivity index (χ3n) is 4.79. The Bertz CT molecular complexity index is 904. The van der Waals surface area contributed by atoms with Gasteiger partial charge in [0.05, 0.1) is 6.85 Å². The van der Waals surface area contributed by atoms with Crippen LogP contribution in [0.1, 0.15) is 32.2 Å². The molecule has 1 amide bonds. The Kier molecular flexibility index (Phi) is 4.72. The molecule has 3 nitrogen and oxygen atoms in total. The molecule has 0 radical (unpaired) electrons. The number of halogens is 1. The average Bonchev–Trinajstić information content (AvgIpc) is 2.78. The number of para-hydroxylation sites is 1. The summed E-state index contributed by atoms with van der Waals surface area (Å²) < 4.78 is 40.4. The van der Waals surface area contributed by atoms with Gasteiger partial charge in [0.2, 0.25) is 5.91 Å². The monoisotopic (exact) mass is 375 g/mol. The van der Waals surface area contributed by atoms with E-state index in [2.05, 4.69) is 17.0 Å². The SMILES string of the molecule is [2H]c1c([2H])c([2H])c(N(C(=O)C(C)Cl)C2CCN(CCc3ccccc3)CC2)c([2H])c1[2H]. The van der Waals surface area contributed by atoms with Crippen LogP contribution in [0.15, 0.2) is 60.5 Å². The summed E-state index contributed by atoms with van der Waals surface area (Å²) >= 11 is 6.10. The number of hydrogen-bond acceptors (Lipinski definition) is 2. The second-order valence-corrected chi connectivity index (χ2v) is 7.26. The summed E-state index contributed by atoms with van der Waals surface area (Å²) in [5.41, 5.74) is 1.20. The van der Waals surface area contributed by atoms with Crippen molar-refractivity contribution in [1.29, 1.82) is 0 Å². The minimum atomic E-state index is -0.867. The van der Waals surface area contributed by atoms with E-state index < -0.39 is 29.4 Å². The van der Waals surface area contributed by atoms with Gasteiger partial charge in [0.25, 0.3) is 0 Å². The summed E-state index contributed by atoms with van der Waals surface area (Å²) in [7, 11) is 0. The molecule has 0 aromatic heterocycles. The van der Waals surface area contributed by atoms with E-state index in [0.717, 1.165) is 26.1 Å². The van der Waals surface area contributed by atoms with Crippen LogP contribution in [0, 0.1) is 0 Å². The molecule has 1 aliphatic rings. The zero-order valence-corrected chi connectivity index (χ0v) is 15.7. The van der Waals surface area contributed by atoms with Crippen molar-refractivity contribution in [3.05, 3.63) is 66.1 Å². The lowest BCUT2D eigenvalue weighted by atomic mass is 10.0. The lowest BCUT2D eigenvalue weighted by molar-refractivity contribution is -0.118. The largest absolute Gasteiger partial charge is 0.308 e. The zero-order valence-electron chi connectivity index (χ0n) is 20.0. The fourth-order valence-electron chi connectivity index (χ4n) is 3.36. The predicted molar refractivity (Wildman–Crippen MR) is 109 cm³/mol. The van der Waals surface area contributed by atoms with Crippen LogP contribution in [0.5, 0.6) is 0 Å². The van der Waals surface area contributed by atoms with Crippen LogP contribution >= 0.6 is 11.6 Å². The van der Waals surface area contributed by atoms with Crippen LogP contribution in [-0.2, 0) is 11.2 Å². The molecular formula is C22H27ClN2O. The van der Waals surface area contributed by atoms with Gasteiger partial charge < -0.3 is 9.80 Å². The highest BCUT2D eigenvalue weighted by Crippen LogP contribution is 2.25. The highest BCUT2D eigenvalue weighted by molar-refractivity contribution is 6.32. The molecule has 0 bridgehead atoms. The molecule has 1 unspecified atom stereocenters. The van der Waals surface area contributed by atoms with Crippen molar-refractivity contribution >= 4 is 23.2 Å². The number of hydrogen-bond donors (Lipinski definition) is 0. The topological polar surface area (TPSA) is 23.6 Å². The molecule has 0 N–H and O–H groups in total. The quantitative estimate of drug-likeness (QED) is 0.700. The van der Waals surface area contributed by atoms with Gasteiger partial charge in [-0.1, -0.05) is 48.5 Å². The van der Waals surface area contributed by atoms with Gasteiger partial charge in [-0.2, -0.15) is 0 Å². The van der Waals surface area contributed by atoms with E-state index in [0.29, 0.717) is 12.8 Å². The molecule has 1 saturated heterocycles. The van der Waals surface area contributed by atoms with Crippen LogP contribution in [-0.4, -0.2) is 41.9 Å². The van der Waals surface area contributed by atoms with E-state index >= 15 is 0 Å². The molecule has 1 heterocycles. The molecule has 2 aromatic rings. The summed E-state index contributed by atoms with van der Waals surface area (Å²) in [5.74, 6) is -0.442. The number of piperidine rings is 1. The van der Waals surface area contributed by atoms with E-state index in [-0.39, 0.29) is 23.8 Å². The fraction of sp³-hybridized carbons (Fsp3) is 0.409. The lowest BCUT2D eigenvalue weighted by Crippen LogP contribution is -2.49. The maximum absolute atomic E-state index is 13.0. The number of carbonyl (C=O) groups excluding carboxylic acids is 1. The van der Waals surface area contributed by atoms with Crippen molar-refractivity contribution in [1.82, 2.24) is 4.90 Å². The standard InChI is InChI=1S/C22H27ClN2O/c1-18(23)22(26)25(20-10-6-3-7-11-20)21-13-16-24(17-14-21)15-12-19-8-4-2-5-9-19/h2-11,18,21H,12-17H2,1H3/i3D,6D,7D,10D,11D. The van der Waals surface area contributed by atoms with E-state index in [1.165, 1.54) is 10.5 Å². The van der Waals surface area contributed by atoms with Gasteiger partial charge in [0.15, 0.2) is 0 Å². The number of carbonyl (C=O) groups is 1. The summed E-state index contributed by atoms with van der Waals surface area (Å²) in [6.45, 7) is 3.97. The molecule has 0 saturated carbocycles. The summed E-state index contributed by atoms with van der Waals surface area (Å²) in [5, 5.41) is -0.867. The molecule has 1 aliphatic heterocycles. The highest BCUT2D eigenvalue weighted by Gasteiger charge is 2.30. The van der Waals surface area contributed by atoms with E-state index in [9.17, 15) is 4.79 Å². The first-order chi connectivity index (χ1) is 14.7. The number of likely N-dealkylation sites (tertiary alicyclic amines) is 1. The molecule has 2 aromatic carbocycles. The number of alkyl halides is 1. The van der Waals surface area contributed by atoms with Crippen molar-refractivity contribution < 1.29 is 11.6 Å². The van der Waals surface area contributed by atoms with Gasteiger partial charge in [-0.3, -0.25) is 4.79 Å². The first-order valence-electron chi connectivity index (χ1n) is 11.5. The number of benzene rings is 2. The molecule has 26 heavy (non-hydrogen) atoms. The van der Waals surface area contributed by atoms with E-state index in [4.69, 9.17) is 18.5 Å². The molecule has 0 aliphatic carbocycles. The maximum atomic E-state index is 13.0. The highest BCUT2D eigenvalue weighted by atomic mass is 35.5.